The molecule has 6 heteroatoms. The Morgan fingerprint density at radius 3 is 2.48 bits per heavy atom. The average Bonchev–Trinajstić information content (AvgIpc) is 2.42. The van der Waals surface area contributed by atoms with Gasteiger partial charge in [-0.1, -0.05) is 12.1 Å². The zero-order valence-electron chi connectivity index (χ0n) is 11.7. The molecule has 0 saturated heterocycles. The van der Waals surface area contributed by atoms with Crippen LogP contribution in [0.25, 0.3) is 0 Å². The summed E-state index contributed by atoms with van der Waals surface area (Å²) in [4.78, 5) is -0.0394. The summed E-state index contributed by atoms with van der Waals surface area (Å²) in [5, 5.41) is 8.79. The Balaban J connectivity index is 2.44. The van der Waals surface area contributed by atoms with E-state index in [2.05, 4.69) is 4.72 Å². The number of nitrogen functional groups attached to an aromatic ring is 1. The second-order valence-corrected chi connectivity index (χ2v) is 6.44. The molecule has 0 saturated carbocycles. The third-order valence-electron chi connectivity index (χ3n) is 3.07. The highest BCUT2D eigenvalue weighted by molar-refractivity contribution is 7.92. The molecule has 0 heterocycles. The summed E-state index contributed by atoms with van der Waals surface area (Å²) in [5.41, 5.74) is 8.38. The van der Waals surface area contributed by atoms with Crippen LogP contribution < -0.4 is 10.5 Å². The highest BCUT2D eigenvalue weighted by Crippen LogP contribution is 2.24. The topological polar surface area (TPSA) is 96.0 Å². The summed E-state index contributed by atoms with van der Waals surface area (Å²) in [5.74, 6) is 0. The van der Waals surface area contributed by atoms with Gasteiger partial charge in [-0.25, -0.2) is 8.42 Å². The molecule has 0 aliphatic rings. The standard InChI is InChI=1S/C15H15N3O2S/c1-10-3-4-11(2)14(7-10)18-21(19,20)15-6-5-12(9-16)8-13(15)17/h3-8,18H,17H2,1-2H3. The van der Waals surface area contributed by atoms with E-state index in [0.717, 1.165) is 11.1 Å². The highest BCUT2D eigenvalue weighted by Gasteiger charge is 2.18. The van der Waals surface area contributed by atoms with Crippen molar-refractivity contribution in [2.24, 2.45) is 0 Å². The van der Waals surface area contributed by atoms with Crippen LogP contribution in [0.4, 0.5) is 11.4 Å². The Labute approximate surface area is 124 Å². The van der Waals surface area contributed by atoms with Crippen LogP contribution in [0.3, 0.4) is 0 Å². The Morgan fingerprint density at radius 1 is 1.14 bits per heavy atom. The number of rotatable bonds is 3. The molecule has 0 spiro atoms. The van der Waals surface area contributed by atoms with E-state index in [-0.39, 0.29) is 10.6 Å². The molecule has 5 nitrogen and oxygen atoms in total. The normalized spacial score (nSPS) is 10.9. The van der Waals surface area contributed by atoms with E-state index in [1.807, 2.05) is 32.0 Å². The van der Waals surface area contributed by atoms with Crippen LogP contribution in [0.5, 0.6) is 0 Å². The van der Waals surface area contributed by atoms with Crippen LogP contribution in [-0.2, 0) is 10.0 Å². The Kier molecular flexibility index (Phi) is 3.87. The Bertz CT molecular complexity index is 836. The molecule has 0 fully saturated rings. The lowest BCUT2D eigenvalue weighted by atomic mass is 10.1. The van der Waals surface area contributed by atoms with Gasteiger partial charge >= 0.3 is 0 Å². The summed E-state index contributed by atoms with van der Waals surface area (Å²) in [6.07, 6.45) is 0. The summed E-state index contributed by atoms with van der Waals surface area (Å²) >= 11 is 0. The fourth-order valence-corrected chi connectivity index (χ4v) is 3.14. The molecule has 0 radical (unpaired) electrons. The van der Waals surface area contributed by atoms with Gasteiger partial charge in [0.05, 0.1) is 23.0 Å². The molecular formula is C15H15N3O2S. The first-order valence-corrected chi connectivity index (χ1v) is 7.71. The van der Waals surface area contributed by atoms with Crippen molar-refractivity contribution in [3.05, 3.63) is 53.1 Å². The molecule has 0 aromatic heterocycles. The first-order chi connectivity index (χ1) is 9.83. The van der Waals surface area contributed by atoms with Gasteiger partial charge in [-0.2, -0.15) is 5.26 Å². The fourth-order valence-electron chi connectivity index (χ4n) is 1.91. The van der Waals surface area contributed by atoms with Crippen molar-refractivity contribution in [2.45, 2.75) is 18.7 Å². The zero-order chi connectivity index (χ0) is 15.6. The number of benzene rings is 2. The molecule has 2 aromatic carbocycles. The molecule has 0 unspecified atom stereocenters. The van der Waals surface area contributed by atoms with Crippen molar-refractivity contribution in [1.29, 1.82) is 5.26 Å². The van der Waals surface area contributed by atoms with Gasteiger partial charge in [0.1, 0.15) is 4.90 Å². The van der Waals surface area contributed by atoms with E-state index in [4.69, 9.17) is 11.0 Å². The SMILES string of the molecule is Cc1ccc(C)c(NS(=O)(=O)c2ccc(C#N)cc2N)c1. The molecule has 108 valence electrons. The van der Waals surface area contributed by atoms with Crippen molar-refractivity contribution < 1.29 is 8.42 Å². The molecule has 0 amide bonds. The number of nitrogens with zero attached hydrogens (tertiary/aromatic N) is 1. The van der Waals surface area contributed by atoms with Crippen LogP contribution in [0.15, 0.2) is 41.3 Å². The highest BCUT2D eigenvalue weighted by atomic mass is 32.2. The van der Waals surface area contributed by atoms with Gasteiger partial charge in [-0.3, -0.25) is 4.72 Å². The van der Waals surface area contributed by atoms with Crippen molar-refractivity contribution in [2.75, 3.05) is 10.5 Å². The van der Waals surface area contributed by atoms with E-state index in [9.17, 15) is 8.42 Å². The van der Waals surface area contributed by atoms with E-state index >= 15 is 0 Å². The van der Waals surface area contributed by atoms with Gasteiger partial charge in [-0.15, -0.1) is 0 Å². The van der Waals surface area contributed by atoms with Crippen molar-refractivity contribution in [1.82, 2.24) is 0 Å². The van der Waals surface area contributed by atoms with Crippen LogP contribution >= 0.6 is 0 Å². The fraction of sp³-hybridized carbons (Fsp3) is 0.133. The molecule has 0 aliphatic heterocycles. The quantitative estimate of drug-likeness (QED) is 0.851. The maximum atomic E-state index is 12.4. The maximum absolute atomic E-state index is 12.4. The van der Waals surface area contributed by atoms with Crippen LogP contribution in [0.1, 0.15) is 16.7 Å². The third-order valence-corrected chi connectivity index (χ3v) is 4.51. The number of anilines is 2. The summed E-state index contributed by atoms with van der Waals surface area (Å²) in [6.45, 7) is 3.70. The monoisotopic (exact) mass is 301 g/mol. The average molecular weight is 301 g/mol. The minimum atomic E-state index is -3.79. The minimum absolute atomic E-state index is 0.0394. The molecule has 3 N–H and O–H groups in total. The molecule has 0 bridgehead atoms. The first-order valence-electron chi connectivity index (χ1n) is 6.23. The lowest BCUT2D eigenvalue weighted by Crippen LogP contribution is -2.15. The van der Waals surface area contributed by atoms with Crippen LogP contribution in [0, 0.1) is 25.2 Å². The molecular weight excluding hydrogens is 286 g/mol. The Morgan fingerprint density at radius 2 is 1.86 bits per heavy atom. The lowest BCUT2D eigenvalue weighted by Gasteiger charge is -2.13. The zero-order valence-corrected chi connectivity index (χ0v) is 12.5. The van der Waals surface area contributed by atoms with E-state index < -0.39 is 10.0 Å². The number of hydrogen-bond donors (Lipinski definition) is 2. The smallest absolute Gasteiger partial charge is 0.263 e. The largest absolute Gasteiger partial charge is 0.398 e. The van der Waals surface area contributed by atoms with Gasteiger partial charge in [0.2, 0.25) is 0 Å². The van der Waals surface area contributed by atoms with Gasteiger partial charge in [0, 0.05) is 0 Å². The van der Waals surface area contributed by atoms with Gasteiger partial charge in [0.25, 0.3) is 10.0 Å². The van der Waals surface area contributed by atoms with Gasteiger partial charge < -0.3 is 5.73 Å². The third kappa shape index (κ3) is 3.15. The molecule has 2 aromatic rings. The molecule has 0 atom stereocenters. The minimum Gasteiger partial charge on any atom is -0.398 e. The number of nitrogens with one attached hydrogen (secondary N) is 1. The van der Waals surface area contributed by atoms with Crippen molar-refractivity contribution in [3.8, 4) is 6.07 Å². The predicted molar refractivity (Wildman–Crippen MR) is 82.3 cm³/mol. The summed E-state index contributed by atoms with van der Waals surface area (Å²) < 4.78 is 27.4. The number of nitriles is 1. The second kappa shape index (κ2) is 5.46. The van der Waals surface area contributed by atoms with E-state index in [1.165, 1.54) is 18.2 Å². The predicted octanol–water partition coefficient (Wildman–Crippen LogP) is 2.56. The van der Waals surface area contributed by atoms with Crippen molar-refractivity contribution >= 4 is 21.4 Å². The van der Waals surface area contributed by atoms with Gasteiger partial charge in [-0.05, 0) is 49.2 Å². The first kappa shape index (κ1) is 14.9. The van der Waals surface area contributed by atoms with E-state index in [0.29, 0.717) is 11.3 Å². The molecule has 2 rings (SSSR count). The molecule has 0 aliphatic carbocycles. The van der Waals surface area contributed by atoms with Crippen LogP contribution in [-0.4, -0.2) is 8.42 Å². The number of sulfonamides is 1. The number of nitrogens with two attached hydrogens (primary N) is 1. The van der Waals surface area contributed by atoms with E-state index in [1.54, 1.807) is 6.07 Å². The number of aryl methyl sites for hydroxylation is 2. The lowest BCUT2D eigenvalue weighted by molar-refractivity contribution is 0.601. The molecule has 21 heavy (non-hydrogen) atoms. The second-order valence-electron chi connectivity index (χ2n) is 4.79. The Hall–Kier alpha value is -2.52. The summed E-state index contributed by atoms with van der Waals surface area (Å²) in [7, 11) is -3.79. The maximum Gasteiger partial charge on any atom is 0.263 e. The van der Waals surface area contributed by atoms with Crippen molar-refractivity contribution in [3.63, 3.8) is 0 Å². The van der Waals surface area contributed by atoms with Crippen LogP contribution in [0.2, 0.25) is 0 Å². The summed E-state index contributed by atoms with van der Waals surface area (Å²) in [6, 6.07) is 11.5. The van der Waals surface area contributed by atoms with Gasteiger partial charge in [0.15, 0.2) is 0 Å². The number of hydrogen-bond acceptors (Lipinski definition) is 4.